The number of imide groups is 1. The van der Waals surface area contributed by atoms with Gasteiger partial charge in [-0.1, -0.05) is 31.0 Å². The molecule has 1 aliphatic rings. The molecule has 0 saturated carbocycles. The number of carbonyl (C=O) groups excluding carboxylic acids is 4. The monoisotopic (exact) mass is 560 g/mol. The molecule has 0 aliphatic carbocycles. The van der Waals surface area contributed by atoms with Gasteiger partial charge >= 0.3 is 5.97 Å². The lowest BCUT2D eigenvalue weighted by Gasteiger charge is -2.14. The minimum atomic E-state index is -0.613. The molecule has 1 saturated heterocycles. The lowest BCUT2D eigenvalue weighted by molar-refractivity contribution is -0.127. The third kappa shape index (κ3) is 7.52. The summed E-state index contributed by atoms with van der Waals surface area (Å²) in [6, 6.07) is 9.53. The zero-order valence-electron chi connectivity index (χ0n) is 21.5. The van der Waals surface area contributed by atoms with Crippen molar-refractivity contribution in [3.8, 4) is 11.5 Å². The summed E-state index contributed by atoms with van der Waals surface area (Å²) in [5, 5.41) is 2.20. The van der Waals surface area contributed by atoms with Crippen LogP contribution in [0.4, 0.5) is 10.5 Å². The van der Waals surface area contributed by atoms with Crippen LogP contribution in [0.15, 0.2) is 41.3 Å². The molecule has 3 rings (SSSR count). The number of ether oxygens (including phenoxy) is 3. The average Bonchev–Trinajstić information content (AvgIpc) is 3.13. The Labute approximate surface area is 230 Å². The molecule has 3 amide bonds. The second-order valence-corrected chi connectivity index (χ2v) is 9.98. The van der Waals surface area contributed by atoms with Gasteiger partial charge in [0.15, 0.2) is 11.5 Å². The number of thioether (sulfide) groups is 1. The quantitative estimate of drug-likeness (QED) is 0.209. The lowest BCUT2D eigenvalue weighted by atomic mass is 10.2. The molecule has 1 aliphatic heterocycles. The Bertz CT molecular complexity index is 1260. The molecular formula is C27H29ClN2O7S. The number of hydrogen-bond donors (Lipinski definition) is 1. The van der Waals surface area contributed by atoms with Crippen LogP contribution < -0.4 is 14.8 Å². The summed E-state index contributed by atoms with van der Waals surface area (Å²) in [7, 11) is 1.51. The molecule has 202 valence electrons. The Morgan fingerprint density at radius 1 is 1.13 bits per heavy atom. The molecule has 1 heterocycles. The van der Waals surface area contributed by atoms with Crippen LogP contribution >= 0.6 is 23.4 Å². The van der Waals surface area contributed by atoms with Crippen LogP contribution in [0.5, 0.6) is 11.5 Å². The number of anilines is 1. The first-order valence-corrected chi connectivity index (χ1v) is 13.2. The van der Waals surface area contributed by atoms with E-state index < -0.39 is 29.6 Å². The largest absolute Gasteiger partial charge is 0.493 e. The van der Waals surface area contributed by atoms with Gasteiger partial charge in [0.1, 0.15) is 6.54 Å². The first kappa shape index (κ1) is 29.1. The average molecular weight is 561 g/mol. The highest BCUT2D eigenvalue weighted by Crippen LogP contribution is 2.35. The van der Waals surface area contributed by atoms with Crippen LogP contribution in [0.3, 0.4) is 0 Å². The predicted octanol–water partition coefficient (Wildman–Crippen LogP) is 5.77. The molecule has 11 heteroatoms. The normalized spacial score (nSPS) is 14.3. The van der Waals surface area contributed by atoms with Crippen molar-refractivity contribution in [2.45, 2.75) is 39.7 Å². The summed E-state index contributed by atoms with van der Waals surface area (Å²) in [6.07, 6.45) is 3.10. The van der Waals surface area contributed by atoms with E-state index in [0.29, 0.717) is 17.1 Å². The molecule has 2 aromatic rings. The summed E-state index contributed by atoms with van der Waals surface area (Å²) in [6.45, 7) is 5.53. The number of benzene rings is 2. The number of nitrogens with one attached hydrogen (secondary N) is 1. The van der Waals surface area contributed by atoms with E-state index in [1.165, 1.54) is 25.3 Å². The van der Waals surface area contributed by atoms with Crippen molar-refractivity contribution < 1.29 is 33.4 Å². The van der Waals surface area contributed by atoms with E-state index in [9.17, 15) is 19.2 Å². The summed E-state index contributed by atoms with van der Waals surface area (Å²) in [5.74, 6) is -0.756. The van der Waals surface area contributed by atoms with Crippen LogP contribution in [0, 0.1) is 0 Å². The molecule has 0 atom stereocenters. The highest BCUT2D eigenvalue weighted by atomic mass is 35.5. The van der Waals surface area contributed by atoms with Crippen molar-refractivity contribution in [1.82, 2.24) is 4.90 Å². The molecule has 2 aromatic carbocycles. The number of nitrogens with zero attached hydrogens (tertiary/aromatic N) is 1. The lowest BCUT2D eigenvalue weighted by Crippen LogP contribution is -2.36. The standard InChI is InChI=1S/C27H29ClN2O7S/c1-5-6-11-36-26(33)19-14-18(8-9-20(19)28)29-24(31)15-30-25(32)23(38-27(30)34)13-17-7-10-21(37-16(2)3)22(12-17)35-4/h7-10,12-14,16H,5-6,11,15H2,1-4H3,(H,29,31)/b23-13-. The fourth-order valence-corrected chi connectivity index (χ4v) is 4.44. The number of hydrogen-bond acceptors (Lipinski definition) is 8. The molecule has 0 bridgehead atoms. The smallest absolute Gasteiger partial charge is 0.339 e. The zero-order chi connectivity index (χ0) is 27.8. The third-order valence-corrected chi connectivity index (χ3v) is 6.46. The number of amides is 3. The van der Waals surface area contributed by atoms with Gasteiger partial charge in [0.05, 0.1) is 35.3 Å². The van der Waals surface area contributed by atoms with Crippen LogP contribution in [0.25, 0.3) is 6.08 Å². The van der Waals surface area contributed by atoms with Gasteiger partial charge in [-0.2, -0.15) is 0 Å². The maximum Gasteiger partial charge on any atom is 0.339 e. The molecule has 0 spiro atoms. The summed E-state index contributed by atoms with van der Waals surface area (Å²) in [4.78, 5) is 51.4. The van der Waals surface area contributed by atoms with E-state index in [2.05, 4.69) is 5.32 Å². The summed E-state index contributed by atoms with van der Waals surface area (Å²) < 4.78 is 16.3. The number of unbranched alkanes of at least 4 members (excludes halogenated alkanes) is 1. The second-order valence-electron chi connectivity index (χ2n) is 8.58. The van der Waals surface area contributed by atoms with Crippen molar-refractivity contribution >= 4 is 58.1 Å². The fourth-order valence-electron chi connectivity index (χ4n) is 3.40. The maximum atomic E-state index is 12.9. The zero-order valence-corrected chi connectivity index (χ0v) is 23.1. The number of carbonyl (C=O) groups is 4. The van der Waals surface area contributed by atoms with Gasteiger partial charge in [-0.15, -0.1) is 0 Å². The molecule has 38 heavy (non-hydrogen) atoms. The van der Waals surface area contributed by atoms with Gasteiger partial charge < -0.3 is 19.5 Å². The first-order valence-electron chi connectivity index (χ1n) is 12.0. The minimum absolute atomic E-state index is 0.0449. The second kappa shape index (κ2) is 13.3. The van der Waals surface area contributed by atoms with Crippen LogP contribution in [0.1, 0.15) is 49.5 Å². The molecule has 0 aromatic heterocycles. The third-order valence-electron chi connectivity index (χ3n) is 5.22. The molecule has 1 N–H and O–H groups in total. The Hall–Kier alpha value is -3.50. The van der Waals surface area contributed by atoms with Gasteiger partial charge in [0.25, 0.3) is 11.1 Å². The van der Waals surface area contributed by atoms with Crippen molar-refractivity contribution in [2.24, 2.45) is 0 Å². The highest BCUT2D eigenvalue weighted by Gasteiger charge is 2.36. The van der Waals surface area contributed by atoms with Gasteiger partial charge in [0, 0.05) is 5.69 Å². The van der Waals surface area contributed by atoms with Crippen LogP contribution in [-0.4, -0.2) is 54.3 Å². The molecule has 1 fully saturated rings. The Morgan fingerprint density at radius 2 is 1.89 bits per heavy atom. The highest BCUT2D eigenvalue weighted by molar-refractivity contribution is 8.18. The van der Waals surface area contributed by atoms with E-state index >= 15 is 0 Å². The molecule has 0 unspecified atom stereocenters. The Kier molecular flexibility index (Phi) is 10.2. The molecular weight excluding hydrogens is 532 g/mol. The predicted molar refractivity (Wildman–Crippen MR) is 147 cm³/mol. The number of methoxy groups -OCH3 is 1. The van der Waals surface area contributed by atoms with E-state index in [0.717, 1.165) is 29.5 Å². The topological polar surface area (TPSA) is 111 Å². The SMILES string of the molecule is CCCCOC(=O)c1cc(NC(=O)CN2C(=O)S/C(=C\c3ccc(OC(C)C)c(OC)c3)C2=O)ccc1Cl. The summed E-state index contributed by atoms with van der Waals surface area (Å²) >= 11 is 6.85. The van der Waals surface area contributed by atoms with E-state index in [-0.39, 0.29) is 33.9 Å². The van der Waals surface area contributed by atoms with Crippen molar-refractivity contribution in [1.29, 1.82) is 0 Å². The summed E-state index contributed by atoms with van der Waals surface area (Å²) in [5.41, 5.74) is 1.02. The van der Waals surface area contributed by atoms with Gasteiger partial charge in [0.2, 0.25) is 5.91 Å². The van der Waals surface area contributed by atoms with Gasteiger partial charge in [-0.3, -0.25) is 19.3 Å². The number of rotatable bonds is 11. The van der Waals surface area contributed by atoms with E-state index in [1.807, 2.05) is 20.8 Å². The van der Waals surface area contributed by atoms with E-state index in [4.69, 9.17) is 25.8 Å². The maximum absolute atomic E-state index is 12.9. The minimum Gasteiger partial charge on any atom is -0.493 e. The van der Waals surface area contributed by atoms with Crippen LogP contribution in [-0.2, 0) is 14.3 Å². The fraction of sp³-hybridized carbons (Fsp3) is 0.333. The van der Waals surface area contributed by atoms with Gasteiger partial charge in [-0.05, 0) is 74.0 Å². The first-order chi connectivity index (χ1) is 18.1. The molecule has 0 radical (unpaired) electrons. The number of esters is 1. The number of halogens is 1. The Balaban J connectivity index is 1.68. The van der Waals surface area contributed by atoms with Gasteiger partial charge in [-0.25, -0.2) is 4.79 Å². The van der Waals surface area contributed by atoms with Crippen molar-refractivity contribution in [3.05, 3.63) is 57.5 Å². The van der Waals surface area contributed by atoms with Crippen molar-refractivity contribution in [2.75, 3.05) is 25.6 Å². The van der Waals surface area contributed by atoms with Crippen molar-refractivity contribution in [3.63, 3.8) is 0 Å². The van der Waals surface area contributed by atoms with E-state index in [1.54, 1.807) is 24.3 Å². The Morgan fingerprint density at radius 3 is 2.58 bits per heavy atom. The van der Waals surface area contributed by atoms with Crippen LogP contribution in [0.2, 0.25) is 5.02 Å². The molecule has 9 nitrogen and oxygen atoms in total.